The van der Waals surface area contributed by atoms with Gasteiger partial charge in [-0.2, -0.15) is 4.98 Å². The molecule has 0 unspecified atom stereocenters. The van der Waals surface area contributed by atoms with Crippen LogP contribution in [0.5, 0.6) is 11.5 Å². The number of amides is 1. The largest absolute Gasteiger partial charge is 0.497 e. The molecule has 0 spiro atoms. The number of hydrogen-bond acceptors (Lipinski definition) is 6. The molecule has 0 radical (unpaired) electrons. The molecule has 0 aliphatic heterocycles. The highest BCUT2D eigenvalue weighted by molar-refractivity contribution is 6.30. The van der Waals surface area contributed by atoms with Crippen molar-refractivity contribution in [3.8, 4) is 22.9 Å². The molecular formula is C26H24ClN3O4. The van der Waals surface area contributed by atoms with E-state index in [0.717, 1.165) is 22.4 Å². The van der Waals surface area contributed by atoms with Crippen molar-refractivity contribution in [2.24, 2.45) is 0 Å². The lowest BCUT2D eigenvalue weighted by molar-refractivity contribution is -0.116. The quantitative estimate of drug-likeness (QED) is 0.325. The summed E-state index contributed by atoms with van der Waals surface area (Å²) in [6.07, 6.45) is 1.03. The number of benzene rings is 3. The minimum atomic E-state index is -0.0555. The van der Waals surface area contributed by atoms with E-state index in [1.54, 1.807) is 19.2 Å². The summed E-state index contributed by atoms with van der Waals surface area (Å²) in [5, 5.41) is 7.58. The molecule has 34 heavy (non-hydrogen) atoms. The Hall–Kier alpha value is -3.84. The predicted molar refractivity (Wildman–Crippen MR) is 130 cm³/mol. The van der Waals surface area contributed by atoms with E-state index >= 15 is 0 Å². The van der Waals surface area contributed by atoms with Crippen LogP contribution < -0.4 is 14.8 Å². The highest BCUT2D eigenvalue weighted by Crippen LogP contribution is 2.24. The monoisotopic (exact) mass is 477 g/mol. The molecule has 3 aromatic carbocycles. The van der Waals surface area contributed by atoms with Crippen molar-refractivity contribution in [2.45, 2.75) is 26.4 Å². The Morgan fingerprint density at radius 3 is 2.53 bits per heavy atom. The maximum atomic E-state index is 12.3. The molecule has 1 heterocycles. The van der Waals surface area contributed by atoms with E-state index in [0.29, 0.717) is 41.0 Å². The molecule has 1 N–H and O–H groups in total. The number of anilines is 1. The first-order valence-corrected chi connectivity index (χ1v) is 11.1. The number of carbonyl (C=O) groups is 1. The van der Waals surface area contributed by atoms with Crippen LogP contribution in [0.25, 0.3) is 11.4 Å². The van der Waals surface area contributed by atoms with Gasteiger partial charge in [-0.05, 0) is 79.1 Å². The third-order valence-corrected chi connectivity index (χ3v) is 5.42. The number of hydrogen-bond donors (Lipinski definition) is 1. The number of nitrogens with zero attached hydrogens (tertiary/aromatic N) is 2. The van der Waals surface area contributed by atoms with Gasteiger partial charge in [0.05, 0.1) is 7.11 Å². The number of ether oxygens (including phenoxy) is 2. The second-order valence-corrected chi connectivity index (χ2v) is 8.12. The number of aryl methyl sites for hydroxylation is 2. The smallest absolute Gasteiger partial charge is 0.264 e. The molecule has 174 valence electrons. The average molecular weight is 478 g/mol. The highest BCUT2D eigenvalue weighted by atomic mass is 35.5. The van der Waals surface area contributed by atoms with Crippen LogP contribution in [0.1, 0.15) is 23.4 Å². The number of halogens is 1. The first kappa shape index (κ1) is 23.3. The molecule has 4 aromatic rings. The average Bonchev–Trinajstić information content (AvgIpc) is 3.32. The van der Waals surface area contributed by atoms with Crippen LogP contribution in [-0.2, 0) is 17.8 Å². The molecule has 8 heteroatoms. The Morgan fingerprint density at radius 1 is 1.06 bits per heavy atom. The van der Waals surface area contributed by atoms with E-state index < -0.39 is 0 Å². The van der Waals surface area contributed by atoms with E-state index in [-0.39, 0.29) is 12.5 Å². The van der Waals surface area contributed by atoms with Crippen LogP contribution in [-0.4, -0.2) is 23.2 Å². The number of methoxy groups -OCH3 is 1. The van der Waals surface area contributed by atoms with Gasteiger partial charge in [-0.3, -0.25) is 4.79 Å². The molecule has 0 fully saturated rings. The molecule has 1 amide bonds. The van der Waals surface area contributed by atoms with Crippen LogP contribution in [0.2, 0.25) is 5.02 Å². The fourth-order valence-corrected chi connectivity index (χ4v) is 3.55. The molecule has 0 atom stereocenters. The van der Waals surface area contributed by atoms with E-state index in [1.807, 2.05) is 61.5 Å². The SMILES string of the molecule is COc1ccc(CCC(=O)Nc2ccc(-c3noc(COc4ccc(Cl)cc4C)n3)cc2)cc1. The lowest BCUT2D eigenvalue weighted by atomic mass is 10.1. The molecular weight excluding hydrogens is 454 g/mol. The second kappa shape index (κ2) is 10.9. The summed E-state index contributed by atoms with van der Waals surface area (Å²) in [6.45, 7) is 2.07. The first-order chi connectivity index (χ1) is 16.5. The maximum Gasteiger partial charge on any atom is 0.264 e. The van der Waals surface area contributed by atoms with Crippen molar-refractivity contribution < 1.29 is 18.8 Å². The van der Waals surface area contributed by atoms with Crippen LogP contribution in [0.4, 0.5) is 5.69 Å². The van der Waals surface area contributed by atoms with Gasteiger partial charge in [-0.25, -0.2) is 0 Å². The topological polar surface area (TPSA) is 86.5 Å². The zero-order valence-corrected chi connectivity index (χ0v) is 19.6. The first-order valence-electron chi connectivity index (χ1n) is 10.7. The summed E-state index contributed by atoms with van der Waals surface area (Å²) in [4.78, 5) is 16.7. The summed E-state index contributed by atoms with van der Waals surface area (Å²) < 4.78 is 16.2. The van der Waals surface area contributed by atoms with Gasteiger partial charge in [-0.1, -0.05) is 28.9 Å². The fraction of sp³-hybridized carbons (Fsp3) is 0.192. The van der Waals surface area contributed by atoms with Gasteiger partial charge in [0.25, 0.3) is 5.89 Å². The van der Waals surface area contributed by atoms with Gasteiger partial charge in [0.2, 0.25) is 11.7 Å². The minimum absolute atomic E-state index is 0.0555. The summed E-state index contributed by atoms with van der Waals surface area (Å²) in [7, 11) is 1.63. The fourth-order valence-electron chi connectivity index (χ4n) is 3.32. The molecule has 0 aliphatic carbocycles. The zero-order chi connectivity index (χ0) is 23.9. The predicted octanol–water partition coefficient (Wildman–Crippen LogP) is 5.86. The van der Waals surface area contributed by atoms with Crippen LogP contribution in [0, 0.1) is 6.92 Å². The summed E-state index contributed by atoms with van der Waals surface area (Å²) in [5.74, 6) is 2.26. The molecule has 7 nitrogen and oxygen atoms in total. The van der Waals surface area contributed by atoms with E-state index in [1.165, 1.54) is 0 Å². The van der Waals surface area contributed by atoms with Crippen molar-refractivity contribution in [1.29, 1.82) is 0 Å². The number of nitrogens with one attached hydrogen (secondary N) is 1. The van der Waals surface area contributed by atoms with Gasteiger partial charge >= 0.3 is 0 Å². The van der Waals surface area contributed by atoms with Crippen LogP contribution in [0.3, 0.4) is 0 Å². The lowest BCUT2D eigenvalue weighted by Crippen LogP contribution is -2.12. The van der Waals surface area contributed by atoms with Crippen molar-refractivity contribution >= 4 is 23.2 Å². The Bertz CT molecular complexity index is 1250. The second-order valence-electron chi connectivity index (χ2n) is 7.68. The van der Waals surface area contributed by atoms with Crippen molar-refractivity contribution in [3.05, 3.63) is 88.8 Å². The van der Waals surface area contributed by atoms with Gasteiger partial charge in [0.15, 0.2) is 6.61 Å². The van der Waals surface area contributed by atoms with Gasteiger partial charge in [-0.15, -0.1) is 0 Å². The minimum Gasteiger partial charge on any atom is -0.497 e. The standard InChI is InChI=1S/C26H24ClN3O4/c1-17-15-20(27)8-13-23(17)33-16-25-29-26(30-34-25)19-6-9-21(10-7-19)28-24(31)14-5-18-3-11-22(32-2)12-4-18/h3-4,6-13,15H,5,14,16H2,1-2H3,(H,28,31). The normalized spacial score (nSPS) is 10.7. The molecule has 0 bridgehead atoms. The number of rotatable bonds is 9. The lowest BCUT2D eigenvalue weighted by Gasteiger charge is -2.07. The van der Waals surface area contributed by atoms with Crippen molar-refractivity contribution in [3.63, 3.8) is 0 Å². The van der Waals surface area contributed by atoms with E-state index in [9.17, 15) is 4.79 Å². The molecule has 0 aliphatic rings. The number of carbonyl (C=O) groups excluding carboxylic acids is 1. The number of aromatic nitrogens is 2. The molecule has 0 saturated heterocycles. The van der Waals surface area contributed by atoms with E-state index in [4.69, 9.17) is 25.6 Å². The van der Waals surface area contributed by atoms with Crippen molar-refractivity contribution in [2.75, 3.05) is 12.4 Å². The Morgan fingerprint density at radius 2 is 1.82 bits per heavy atom. The van der Waals surface area contributed by atoms with Gasteiger partial charge < -0.3 is 19.3 Å². The van der Waals surface area contributed by atoms with Gasteiger partial charge in [0, 0.05) is 22.7 Å². The molecule has 1 aromatic heterocycles. The third kappa shape index (κ3) is 6.14. The summed E-state index contributed by atoms with van der Waals surface area (Å²) in [6, 6.07) is 20.4. The Balaban J connectivity index is 1.29. The molecule has 0 saturated carbocycles. The van der Waals surface area contributed by atoms with Crippen LogP contribution in [0.15, 0.2) is 71.3 Å². The molecule has 4 rings (SSSR count). The third-order valence-electron chi connectivity index (χ3n) is 5.18. The van der Waals surface area contributed by atoms with Crippen LogP contribution >= 0.6 is 11.6 Å². The highest BCUT2D eigenvalue weighted by Gasteiger charge is 2.11. The van der Waals surface area contributed by atoms with E-state index in [2.05, 4.69) is 15.5 Å². The van der Waals surface area contributed by atoms with Crippen molar-refractivity contribution in [1.82, 2.24) is 10.1 Å². The Labute approximate surface area is 202 Å². The van der Waals surface area contributed by atoms with Gasteiger partial charge in [0.1, 0.15) is 11.5 Å². The summed E-state index contributed by atoms with van der Waals surface area (Å²) >= 11 is 5.97. The summed E-state index contributed by atoms with van der Waals surface area (Å²) in [5.41, 5.74) is 3.48. The maximum absolute atomic E-state index is 12.3. The Kier molecular flexibility index (Phi) is 7.44. The zero-order valence-electron chi connectivity index (χ0n) is 18.9.